The highest BCUT2D eigenvalue weighted by atomic mass is 32.2. The number of morpholine rings is 1. The van der Waals surface area contributed by atoms with Crippen LogP contribution in [0.5, 0.6) is 0 Å². The normalized spacial score (nSPS) is 33.2. The van der Waals surface area contributed by atoms with Gasteiger partial charge in [-0.15, -0.1) is 0 Å². The minimum absolute atomic E-state index is 0.118. The van der Waals surface area contributed by atoms with Crippen LogP contribution in [0.4, 0.5) is 0 Å². The largest absolute Gasteiger partial charge is 0.469 e. The molecule has 116 valence electrons. The van der Waals surface area contributed by atoms with E-state index in [0.29, 0.717) is 26.1 Å². The van der Waals surface area contributed by atoms with Gasteiger partial charge in [-0.2, -0.15) is 17.0 Å². The molecule has 20 heavy (non-hydrogen) atoms. The third kappa shape index (κ3) is 3.13. The molecule has 2 saturated heterocycles. The highest BCUT2D eigenvalue weighted by Crippen LogP contribution is 2.24. The molecule has 0 spiro atoms. The number of carbonyl (C=O) groups is 1. The number of nitrogens with zero attached hydrogens (tertiary/aromatic N) is 2. The van der Waals surface area contributed by atoms with Gasteiger partial charge in [0.05, 0.1) is 25.2 Å². The van der Waals surface area contributed by atoms with Crippen LogP contribution in [0.3, 0.4) is 0 Å². The van der Waals surface area contributed by atoms with E-state index >= 15 is 0 Å². The molecular formula is C12H22N2O5S. The average molecular weight is 306 g/mol. The van der Waals surface area contributed by atoms with Gasteiger partial charge in [-0.3, -0.25) is 4.79 Å². The fourth-order valence-corrected chi connectivity index (χ4v) is 4.61. The summed E-state index contributed by atoms with van der Waals surface area (Å²) < 4.78 is 38.2. The number of carbonyl (C=O) groups excluding carboxylic acids is 1. The average Bonchev–Trinajstić information content (AvgIpc) is 2.86. The van der Waals surface area contributed by atoms with Crippen LogP contribution in [0.25, 0.3) is 0 Å². The first-order valence-corrected chi connectivity index (χ1v) is 8.22. The van der Waals surface area contributed by atoms with Crippen LogP contribution in [0.2, 0.25) is 0 Å². The summed E-state index contributed by atoms with van der Waals surface area (Å²) in [5.74, 6) is -0.697. The number of rotatable bonds is 3. The summed E-state index contributed by atoms with van der Waals surface area (Å²) in [6, 6.07) is 0. The fraction of sp³-hybridized carbons (Fsp3) is 0.917. The van der Waals surface area contributed by atoms with E-state index in [4.69, 9.17) is 4.74 Å². The summed E-state index contributed by atoms with van der Waals surface area (Å²) in [6.45, 7) is 4.99. The zero-order valence-corrected chi connectivity index (χ0v) is 12.9. The van der Waals surface area contributed by atoms with Gasteiger partial charge < -0.3 is 9.47 Å². The van der Waals surface area contributed by atoms with E-state index < -0.39 is 10.2 Å². The molecular weight excluding hydrogens is 284 g/mol. The first-order valence-electron chi connectivity index (χ1n) is 6.83. The number of hydrogen-bond acceptors (Lipinski definition) is 5. The monoisotopic (exact) mass is 306 g/mol. The second-order valence-electron chi connectivity index (χ2n) is 5.45. The van der Waals surface area contributed by atoms with Crippen molar-refractivity contribution in [1.82, 2.24) is 8.61 Å². The number of esters is 1. The van der Waals surface area contributed by atoms with Gasteiger partial charge in [0.25, 0.3) is 10.2 Å². The van der Waals surface area contributed by atoms with Crippen molar-refractivity contribution >= 4 is 16.2 Å². The Kier molecular flexibility index (Phi) is 4.68. The Hall–Kier alpha value is -0.700. The van der Waals surface area contributed by atoms with E-state index in [9.17, 15) is 13.2 Å². The molecule has 2 aliphatic heterocycles. The van der Waals surface area contributed by atoms with Crippen molar-refractivity contribution in [2.75, 3.05) is 33.3 Å². The summed E-state index contributed by atoms with van der Waals surface area (Å²) in [5.41, 5.74) is 0. The number of methoxy groups -OCH3 is 1. The fourth-order valence-electron chi connectivity index (χ4n) is 2.78. The molecule has 3 unspecified atom stereocenters. The molecule has 0 aromatic carbocycles. The maximum Gasteiger partial charge on any atom is 0.310 e. The second kappa shape index (κ2) is 5.97. The Morgan fingerprint density at radius 3 is 2.30 bits per heavy atom. The Morgan fingerprint density at radius 1 is 1.15 bits per heavy atom. The Balaban J connectivity index is 2.06. The first kappa shape index (κ1) is 15.7. The smallest absolute Gasteiger partial charge is 0.310 e. The summed E-state index contributed by atoms with van der Waals surface area (Å²) in [6.07, 6.45) is 0.279. The zero-order valence-electron chi connectivity index (χ0n) is 12.1. The highest BCUT2D eigenvalue weighted by Gasteiger charge is 2.40. The molecule has 2 fully saturated rings. The molecule has 0 aliphatic carbocycles. The van der Waals surface area contributed by atoms with Crippen molar-refractivity contribution in [3.63, 3.8) is 0 Å². The standard InChI is InChI=1S/C12H22N2O5S/c1-9-6-14(7-10(2)19-9)20(16,17)13-5-4-11(8-13)12(15)18-3/h9-11H,4-8H2,1-3H3. The Labute approximate surface area is 120 Å². The minimum Gasteiger partial charge on any atom is -0.469 e. The van der Waals surface area contributed by atoms with Crippen molar-refractivity contribution < 1.29 is 22.7 Å². The van der Waals surface area contributed by atoms with Gasteiger partial charge in [0.2, 0.25) is 0 Å². The highest BCUT2D eigenvalue weighted by molar-refractivity contribution is 7.86. The van der Waals surface area contributed by atoms with Crippen LogP contribution in [0.15, 0.2) is 0 Å². The van der Waals surface area contributed by atoms with Gasteiger partial charge in [0.15, 0.2) is 0 Å². The van der Waals surface area contributed by atoms with E-state index in [1.54, 1.807) is 0 Å². The second-order valence-corrected chi connectivity index (χ2v) is 7.38. The maximum absolute atomic E-state index is 12.6. The van der Waals surface area contributed by atoms with Crippen LogP contribution < -0.4 is 0 Å². The van der Waals surface area contributed by atoms with E-state index in [0.717, 1.165) is 0 Å². The molecule has 8 heteroatoms. The van der Waals surface area contributed by atoms with Gasteiger partial charge in [-0.05, 0) is 20.3 Å². The van der Waals surface area contributed by atoms with E-state index in [1.807, 2.05) is 13.8 Å². The quantitative estimate of drug-likeness (QED) is 0.677. The molecule has 3 atom stereocenters. The van der Waals surface area contributed by atoms with Crippen LogP contribution in [-0.2, 0) is 24.5 Å². The Morgan fingerprint density at radius 2 is 1.75 bits per heavy atom. The van der Waals surface area contributed by atoms with E-state index in [-0.39, 0.29) is 30.6 Å². The molecule has 0 N–H and O–H groups in total. The van der Waals surface area contributed by atoms with E-state index in [1.165, 1.54) is 15.7 Å². The minimum atomic E-state index is -3.52. The molecule has 2 heterocycles. The lowest BCUT2D eigenvalue weighted by molar-refractivity contribution is -0.144. The van der Waals surface area contributed by atoms with Gasteiger partial charge in [-0.25, -0.2) is 0 Å². The predicted molar refractivity (Wildman–Crippen MR) is 72.2 cm³/mol. The van der Waals surface area contributed by atoms with Crippen molar-refractivity contribution in [3.8, 4) is 0 Å². The number of hydrogen-bond donors (Lipinski definition) is 0. The van der Waals surface area contributed by atoms with Gasteiger partial charge in [0.1, 0.15) is 0 Å². The maximum atomic E-state index is 12.6. The SMILES string of the molecule is COC(=O)C1CCN(S(=O)(=O)N2CC(C)OC(C)C2)C1. The summed E-state index contributed by atoms with van der Waals surface area (Å²) in [7, 11) is -2.20. The summed E-state index contributed by atoms with van der Waals surface area (Å²) in [5, 5.41) is 0. The molecule has 2 rings (SSSR count). The van der Waals surface area contributed by atoms with Crippen molar-refractivity contribution in [2.24, 2.45) is 5.92 Å². The zero-order chi connectivity index (χ0) is 14.9. The topological polar surface area (TPSA) is 76.2 Å². The van der Waals surface area contributed by atoms with Crippen LogP contribution in [0, 0.1) is 5.92 Å². The summed E-state index contributed by atoms with van der Waals surface area (Å²) in [4.78, 5) is 11.5. The molecule has 0 bridgehead atoms. The van der Waals surface area contributed by atoms with Crippen LogP contribution >= 0.6 is 0 Å². The molecule has 7 nitrogen and oxygen atoms in total. The lowest BCUT2D eigenvalue weighted by Gasteiger charge is -2.36. The molecule has 0 aromatic heterocycles. The van der Waals surface area contributed by atoms with Gasteiger partial charge >= 0.3 is 5.97 Å². The number of ether oxygens (including phenoxy) is 2. The van der Waals surface area contributed by atoms with Gasteiger partial charge in [0, 0.05) is 26.2 Å². The van der Waals surface area contributed by atoms with Gasteiger partial charge in [-0.1, -0.05) is 0 Å². The molecule has 0 saturated carbocycles. The summed E-state index contributed by atoms with van der Waals surface area (Å²) >= 11 is 0. The molecule has 0 amide bonds. The third-order valence-corrected chi connectivity index (χ3v) is 5.66. The van der Waals surface area contributed by atoms with Crippen molar-refractivity contribution in [3.05, 3.63) is 0 Å². The molecule has 0 radical (unpaired) electrons. The lowest BCUT2D eigenvalue weighted by atomic mass is 10.1. The molecule has 2 aliphatic rings. The lowest BCUT2D eigenvalue weighted by Crippen LogP contribution is -2.52. The first-order chi connectivity index (χ1) is 9.34. The van der Waals surface area contributed by atoms with Crippen molar-refractivity contribution in [2.45, 2.75) is 32.5 Å². The van der Waals surface area contributed by atoms with Crippen molar-refractivity contribution in [1.29, 1.82) is 0 Å². The third-order valence-electron chi connectivity index (χ3n) is 3.72. The van der Waals surface area contributed by atoms with E-state index in [2.05, 4.69) is 4.74 Å². The molecule has 0 aromatic rings. The van der Waals surface area contributed by atoms with Crippen LogP contribution in [-0.4, -0.2) is 68.5 Å². The Bertz CT molecular complexity index is 456. The predicted octanol–water partition coefficient (Wildman–Crippen LogP) is -0.165. The van der Waals surface area contributed by atoms with Crippen LogP contribution in [0.1, 0.15) is 20.3 Å².